The number of aliphatic hydroxyl groups is 1. The van der Waals surface area contributed by atoms with Crippen molar-refractivity contribution in [3.63, 3.8) is 0 Å². The zero-order valence-electron chi connectivity index (χ0n) is 17.8. The van der Waals surface area contributed by atoms with Crippen LogP contribution in [0, 0.1) is 0 Å². The van der Waals surface area contributed by atoms with E-state index in [9.17, 15) is 5.11 Å². The molecule has 1 fully saturated rings. The molecule has 0 saturated carbocycles. The molecule has 0 bridgehead atoms. The second kappa shape index (κ2) is 10.5. The van der Waals surface area contributed by atoms with Crippen LogP contribution in [0.3, 0.4) is 0 Å². The molecule has 0 spiro atoms. The maximum Gasteiger partial charge on any atom is 0.161 e. The molecule has 0 radical (unpaired) electrons. The van der Waals surface area contributed by atoms with Crippen LogP contribution >= 0.6 is 11.8 Å². The Balaban J connectivity index is 1.31. The SMILES string of the molecule is COc1cc(CN2CCc3ccccc3C2)ccc1OC[C@@H](O)CN1CCSCC1. The van der Waals surface area contributed by atoms with E-state index in [2.05, 4.69) is 46.2 Å². The molecule has 2 aromatic rings. The van der Waals surface area contributed by atoms with Gasteiger partial charge in [0.15, 0.2) is 11.5 Å². The quantitative estimate of drug-likeness (QED) is 0.697. The molecule has 2 heterocycles. The summed E-state index contributed by atoms with van der Waals surface area (Å²) in [5, 5.41) is 10.4. The summed E-state index contributed by atoms with van der Waals surface area (Å²) in [7, 11) is 1.67. The highest BCUT2D eigenvalue weighted by Gasteiger charge is 2.18. The van der Waals surface area contributed by atoms with Crippen LogP contribution < -0.4 is 9.47 Å². The van der Waals surface area contributed by atoms with E-state index in [1.54, 1.807) is 7.11 Å². The highest BCUT2D eigenvalue weighted by atomic mass is 32.2. The number of methoxy groups -OCH3 is 1. The van der Waals surface area contributed by atoms with Crippen molar-refractivity contribution in [3.8, 4) is 11.5 Å². The first-order chi connectivity index (χ1) is 14.7. The van der Waals surface area contributed by atoms with Crippen LogP contribution in [0.25, 0.3) is 0 Å². The minimum atomic E-state index is -0.495. The number of ether oxygens (including phenoxy) is 2. The molecule has 30 heavy (non-hydrogen) atoms. The molecule has 1 atom stereocenters. The lowest BCUT2D eigenvalue weighted by molar-refractivity contribution is 0.0704. The standard InChI is InChI=1S/C24H32N2O3S/c1-28-24-14-19(15-26-9-8-20-4-2-3-5-21(20)16-26)6-7-23(24)29-18-22(27)17-25-10-12-30-13-11-25/h2-7,14,22,27H,8-13,15-18H2,1H3/t22-/m0/s1. The molecule has 1 N–H and O–H groups in total. The summed E-state index contributed by atoms with van der Waals surface area (Å²) in [6.07, 6.45) is 0.605. The van der Waals surface area contributed by atoms with Gasteiger partial charge in [-0.2, -0.15) is 11.8 Å². The predicted octanol–water partition coefficient (Wildman–Crippen LogP) is 3.04. The van der Waals surface area contributed by atoms with Gasteiger partial charge in [0.1, 0.15) is 12.7 Å². The Morgan fingerprint density at radius 1 is 1.00 bits per heavy atom. The van der Waals surface area contributed by atoms with Crippen LogP contribution in [0.1, 0.15) is 16.7 Å². The summed E-state index contributed by atoms with van der Waals surface area (Å²) < 4.78 is 11.5. The monoisotopic (exact) mass is 428 g/mol. The third-order valence-electron chi connectivity index (χ3n) is 5.85. The van der Waals surface area contributed by atoms with Gasteiger partial charge >= 0.3 is 0 Å². The number of thioether (sulfide) groups is 1. The van der Waals surface area contributed by atoms with Crippen LogP contribution in [-0.2, 0) is 19.5 Å². The molecule has 5 nitrogen and oxygen atoms in total. The summed E-state index contributed by atoms with van der Waals surface area (Å²) in [4.78, 5) is 4.78. The largest absolute Gasteiger partial charge is 0.493 e. The van der Waals surface area contributed by atoms with E-state index in [4.69, 9.17) is 9.47 Å². The average Bonchev–Trinajstić information content (AvgIpc) is 2.78. The third-order valence-corrected chi connectivity index (χ3v) is 6.79. The van der Waals surface area contributed by atoms with E-state index in [-0.39, 0.29) is 6.61 Å². The van der Waals surface area contributed by atoms with Crippen molar-refractivity contribution in [3.05, 3.63) is 59.2 Å². The maximum atomic E-state index is 10.4. The second-order valence-corrected chi connectivity index (χ2v) is 9.32. The van der Waals surface area contributed by atoms with Crippen LogP contribution in [0.5, 0.6) is 11.5 Å². The van der Waals surface area contributed by atoms with E-state index < -0.39 is 6.10 Å². The Hall–Kier alpha value is -1.73. The lowest BCUT2D eigenvalue weighted by atomic mass is 9.99. The summed E-state index contributed by atoms with van der Waals surface area (Å²) in [6, 6.07) is 14.8. The average molecular weight is 429 g/mol. The van der Waals surface area contributed by atoms with E-state index in [0.29, 0.717) is 12.3 Å². The van der Waals surface area contributed by atoms with Gasteiger partial charge in [0.2, 0.25) is 0 Å². The smallest absolute Gasteiger partial charge is 0.161 e. The number of aliphatic hydroxyl groups excluding tert-OH is 1. The first-order valence-corrected chi connectivity index (χ1v) is 11.9. The molecule has 2 aromatic carbocycles. The number of fused-ring (bicyclic) bond motifs is 1. The van der Waals surface area contributed by atoms with E-state index in [0.717, 1.165) is 56.4 Å². The number of rotatable bonds is 8. The molecule has 2 aliphatic heterocycles. The van der Waals surface area contributed by atoms with Gasteiger partial charge in [-0.15, -0.1) is 0 Å². The Morgan fingerprint density at radius 3 is 2.60 bits per heavy atom. The Morgan fingerprint density at radius 2 is 1.80 bits per heavy atom. The minimum absolute atomic E-state index is 0.280. The molecule has 0 unspecified atom stereocenters. The number of nitrogens with zero attached hydrogens (tertiary/aromatic N) is 2. The third kappa shape index (κ3) is 5.70. The Kier molecular flexibility index (Phi) is 7.55. The molecule has 2 aliphatic rings. The van der Waals surface area contributed by atoms with E-state index in [1.807, 2.05) is 17.8 Å². The molecule has 0 aromatic heterocycles. The van der Waals surface area contributed by atoms with Gasteiger partial charge in [0.05, 0.1) is 7.11 Å². The van der Waals surface area contributed by atoms with Crippen molar-refractivity contribution in [2.24, 2.45) is 0 Å². The molecule has 6 heteroatoms. The van der Waals surface area contributed by atoms with Crippen LogP contribution in [0.15, 0.2) is 42.5 Å². The zero-order valence-corrected chi connectivity index (χ0v) is 18.6. The number of benzene rings is 2. The highest BCUT2D eigenvalue weighted by Crippen LogP contribution is 2.29. The predicted molar refractivity (Wildman–Crippen MR) is 123 cm³/mol. The van der Waals surface area contributed by atoms with Gasteiger partial charge in [-0.3, -0.25) is 9.80 Å². The maximum absolute atomic E-state index is 10.4. The van der Waals surface area contributed by atoms with Gasteiger partial charge in [0, 0.05) is 50.8 Å². The first-order valence-electron chi connectivity index (χ1n) is 10.8. The lowest BCUT2D eigenvalue weighted by Crippen LogP contribution is -2.40. The number of β-amino-alcohol motifs (C(OH)–C–C–N with tert-alkyl or cyclic N) is 1. The summed E-state index contributed by atoms with van der Waals surface area (Å²) in [5.74, 6) is 3.71. The zero-order chi connectivity index (χ0) is 20.8. The fourth-order valence-corrected chi connectivity index (χ4v) is 5.18. The normalized spacial score (nSPS) is 18.6. The lowest BCUT2D eigenvalue weighted by Gasteiger charge is -2.29. The second-order valence-electron chi connectivity index (χ2n) is 8.09. The van der Waals surface area contributed by atoms with E-state index in [1.165, 1.54) is 16.7 Å². The van der Waals surface area contributed by atoms with Crippen molar-refractivity contribution < 1.29 is 14.6 Å². The van der Waals surface area contributed by atoms with Crippen molar-refractivity contribution in [1.82, 2.24) is 9.80 Å². The molecular formula is C24H32N2O3S. The first kappa shape index (κ1) is 21.5. The van der Waals surface area contributed by atoms with Crippen molar-refractivity contribution in [2.75, 3.05) is 51.4 Å². The van der Waals surface area contributed by atoms with Crippen molar-refractivity contribution >= 4 is 11.8 Å². The summed E-state index contributed by atoms with van der Waals surface area (Å²) in [5.41, 5.74) is 4.11. The summed E-state index contributed by atoms with van der Waals surface area (Å²) in [6.45, 7) is 5.97. The Bertz CT molecular complexity index is 826. The minimum Gasteiger partial charge on any atom is -0.493 e. The van der Waals surface area contributed by atoms with Gasteiger partial charge in [-0.05, 0) is 35.2 Å². The Labute approximate surface area is 184 Å². The molecule has 1 saturated heterocycles. The molecule has 162 valence electrons. The van der Waals surface area contributed by atoms with Gasteiger partial charge in [0.25, 0.3) is 0 Å². The fraction of sp³-hybridized carbons (Fsp3) is 0.500. The van der Waals surface area contributed by atoms with Crippen LogP contribution in [0.2, 0.25) is 0 Å². The van der Waals surface area contributed by atoms with E-state index >= 15 is 0 Å². The molecular weight excluding hydrogens is 396 g/mol. The van der Waals surface area contributed by atoms with Gasteiger partial charge in [-0.25, -0.2) is 0 Å². The topological polar surface area (TPSA) is 45.2 Å². The fourth-order valence-electron chi connectivity index (χ4n) is 4.20. The number of hydrogen-bond donors (Lipinski definition) is 1. The molecule has 0 amide bonds. The molecule has 4 rings (SSSR count). The number of hydrogen-bond acceptors (Lipinski definition) is 6. The van der Waals surface area contributed by atoms with Gasteiger partial charge < -0.3 is 14.6 Å². The van der Waals surface area contributed by atoms with Gasteiger partial charge in [-0.1, -0.05) is 30.3 Å². The van der Waals surface area contributed by atoms with Crippen molar-refractivity contribution in [1.29, 1.82) is 0 Å². The summed E-state index contributed by atoms with van der Waals surface area (Å²) >= 11 is 1.98. The van der Waals surface area contributed by atoms with Crippen molar-refractivity contribution in [2.45, 2.75) is 25.6 Å². The van der Waals surface area contributed by atoms with Crippen LogP contribution in [-0.4, -0.2) is 72.4 Å². The highest BCUT2D eigenvalue weighted by molar-refractivity contribution is 7.99. The molecule has 0 aliphatic carbocycles. The van der Waals surface area contributed by atoms with Crippen LogP contribution in [0.4, 0.5) is 0 Å².